The zero-order valence-corrected chi connectivity index (χ0v) is 16.0. The number of alkyl halides is 1. The fourth-order valence-corrected chi connectivity index (χ4v) is 3.87. The number of nitrogens with zero attached hydrogens (tertiary/aromatic N) is 3. The fourth-order valence-electron chi connectivity index (χ4n) is 3.61. The lowest BCUT2D eigenvalue weighted by Gasteiger charge is -2.31. The number of rotatable bonds is 3. The van der Waals surface area contributed by atoms with Crippen molar-refractivity contribution in [3.05, 3.63) is 35.2 Å². The predicted octanol–water partition coefficient (Wildman–Crippen LogP) is 4.02. The van der Waals surface area contributed by atoms with Crippen molar-refractivity contribution < 1.29 is 9.18 Å². The predicted molar refractivity (Wildman–Crippen MR) is 103 cm³/mol. The number of aromatic nitrogens is 4. The van der Waals surface area contributed by atoms with E-state index >= 15 is 0 Å². The van der Waals surface area contributed by atoms with Crippen molar-refractivity contribution in [3.63, 3.8) is 0 Å². The molecule has 142 valence electrons. The van der Waals surface area contributed by atoms with Gasteiger partial charge < -0.3 is 5.32 Å². The third kappa shape index (κ3) is 3.56. The largest absolute Gasteiger partial charge is 0.348 e. The summed E-state index contributed by atoms with van der Waals surface area (Å²) in [6.07, 6.45) is 5.80. The topological polar surface area (TPSA) is 75.6 Å². The molecule has 1 amide bonds. The molecule has 0 aliphatic heterocycles. The summed E-state index contributed by atoms with van der Waals surface area (Å²) in [5.74, 6) is -0.246. The quantitative estimate of drug-likeness (QED) is 0.710. The number of aromatic amines is 1. The normalized spacial score (nSPS) is 22.9. The number of nitrogens with one attached hydrogen (secondary N) is 2. The highest BCUT2D eigenvalue weighted by Gasteiger charge is 2.31. The number of amides is 1. The van der Waals surface area contributed by atoms with E-state index in [-0.39, 0.29) is 11.9 Å². The molecule has 0 unspecified atom stereocenters. The molecule has 1 saturated carbocycles. The fraction of sp³-hybridized carbons (Fsp3) is 0.421. The van der Waals surface area contributed by atoms with E-state index in [4.69, 9.17) is 11.6 Å². The van der Waals surface area contributed by atoms with Crippen LogP contribution >= 0.6 is 11.6 Å². The van der Waals surface area contributed by atoms with Crippen LogP contribution in [0.15, 0.2) is 24.5 Å². The van der Waals surface area contributed by atoms with Crippen LogP contribution in [0, 0.1) is 0 Å². The van der Waals surface area contributed by atoms with Gasteiger partial charge in [0.1, 0.15) is 16.9 Å². The summed E-state index contributed by atoms with van der Waals surface area (Å²) in [4.78, 5) is 12.8. The maximum atomic E-state index is 14.0. The monoisotopic (exact) mass is 389 g/mol. The Labute approximate surface area is 161 Å². The molecule has 2 N–H and O–H groups in total. The van der Waals surface area contributed by atoms with E-state index in [0.717, 1.165) is 11.1 Å². The Balaban J connectivity index is 1.62. The van der Waals surface area contributed by atoms with Gasteiger partial charge in [-0.25, -0.2) is 4.39 Å². The number of aryl methyl sites for hydroxylation is 1. The smallest absolute Gasteiger partial charge is 0.270 e. The summed E-state index contributed by atoms with van der Waals surface area (Å²) < 4.78 is 15.7. The van der Waals surface area contributed by atoms with E-state index in [0.29, 0.717) is 47.3 Å². The molecule has 27 heavy (non-hydrogen) atoms. The summed E-state index contributed by atoms with van der Waals surface area (Å²) in [6, 6.07) is 3.67. The first-order chi connectivity index (χ1) is 12.8. The molecule has 0 atom stereocenters. The minimum Gasteiger partial charge on any atom is -0.348 e. The summed E-state index contributed by atoms with van der Waals surface area (Å²) in [6.45, 7) is 1.62. The number of H-pyrrole nitrogens is 1. The summed E-state index contributed by atoms with van der Waals surface area (Å²) >= 11 is 6.38. The zero-order chi connectivity index (χ0) is 19.2. The van der Waals surface area contributed by atoms with E-state index in [9.17, 15) is 9.18 Å². The average Bonchev–Trinajstić information content (AvgIpc) is 3.23. The zero-order valence-electron chi connectivity index (χ0n) is 15.2. The Kier molecular flexibility index (Phi) is 4.42. The molecule has 6 nitrogen and oxygen atoms in total. The van der Waals surface area contributed by atoms with E-state index < -0.39 is 5.67 Å². The molecule has 1 fully saturated rings. The van der Waals surface area contributed by atoms with Gasteiger partial charge in [-0.1, -0.05) is 11.6 Å². The molecular formula is C19H21ClFN5O. The molecule has 1 aromatic carbocycles. The highest BCUT2D eigenvalue weighted by Crippen LogP contribution is 2.33. The van der Waals surface area contributed by atoms with Crippen molar-refractivity contribution in [3.8, 4) is 11.1 Å². The van der Waals surface area contributed by atoms with Crippen LogP contribution in [-0.2, 0) is 7.05 Å². The van der Waals surface area contributed by atoms with Crippen molar-refractivity contribution in [1.29, 1.82) is 0 Å². The first-order valence-corrected chi connectivity index (χ1v) is 9.37. The molecule has 0 saturated heterocycles. The molecular weight excluding hydrogens is 369 g/mol. The lowest BCUT2D eigenvalue weighted by molar-refractivity contribution is 0.0847. The van der Waals surface area contributed by atoms with E-state index in [1.807, 2.05) is 25.4 Å². The second-order valence-electron chi connectivity index (χ2n) is 7.52. The van der Waals surface area contributed by atoms with Crippen molar-refractivity contribution in [2.24, 2.45) is 7.05 Å². The van der Waals surface area contributed by atoms with Crippen LogP contribution < -0.4 is 5.32 Å². The van der Waals surface area contributed by atoms with Crippen molar-refractivity contribution in [2.45, 2.75) is 44.3 Å². The summed E-state index contributed by atoms with van der Waals surface area (Å²) in [5, 5.41) is 15.3. The van der Waals surface area contributed by atoms with Crippen LogP contribution in [0.25, 0.3) is 22.0 Å². The summed E-state index contributed by atoms with van der Waals surface area (Å²) in [7, 11) is 1.84. The Morgan fingerprint density at radius 3 is 2.78 bits per heavy atom. The van der Waals surface area contributed by atoms with Gasteiger partial charge in [0.15, 0.2) is 0 Å². The molecule has 0 spiro atoms. The van der Waals surface area contributed by atoms with Gasteiger partial charge >= 0.3 is 0 Å². The van der Waals surface area contributed by atoms with Gasteiger partial charge in [-0.05, 0) is 50.3 Å². The lowest BCUT2D eigenvalue weighted by atomic mass is 9.85. The Morgan fingerprint density at radius 1 is 1.37 bits per heavy atom. The number of carbonyl (C=O) groups is 1. The number of benzene rings is 1. The Morgan fingerprint density at radius 2 is 2.11 bits per heavy atom. The SMILES string of the molecule is Cn1cc(-c2cc(Cl)c3n[nH]c(C(=O)NC4CCC(C)(F)CC4)c3c2)cn1. The number of hydrogen-bond donors (Lipinski definition) is 2. The average molecular weight is 390 g/mol. The maximum Gasteiger partial charge on any atom is 0.270 e. The van der Waals surface area contributed by atoms with Gasteiger partial charge in [-0.15, -0.1) is 0 Å². The van der Waals surface area contributed by atoms with Gasteiger partial charge in [0.2, 0.25) is 0 Å². The van der Waals surface area contributed by atoms with Crippen LogP contribution in [0.5, 0.6) is 0 Å². The third-order valence-electron chi connectivity index (χ3n) is 5.24. The van der Waals surface area contributed by atoms with Gasteiger partial charge in [0.25, 0.3) is 5.91 Å². The van der Waals surface area contributed by atoms with Gasteiger partial charge in [-0.2, -0.15) is 10.2 Å². The molecule has 2 aromatic heterocycles. The molecule has 4 rings (SSSR count). The summed E-state index contributed by atoms with van der Waals surface area (Å²) in [5.41, 5.74) is 1.56. The number of carbonyl (C=O) groups excluding carboxylic acids is 1. The number of halogens is 2. The molecule has 1 aliphatic rings. The van der Waals surface area contributed by atoms with Crippen LogP contribution in [0.3, 0.4) is 0 Å². The Hall–Kier alpha value is -2.41. The number of hydrogen-bond acceptors (Lipinski definition) is 3. The van der Waals surface area contributed by atoms with Crippen LogP contribution in [-0.4, -0.2) is 37.6 Å². The van der Waals surface area contributed by atoms with Crippen molar-refractivity contribution in [2.75, 3.05) is 0 Å². The van der Waals surface area contributed by atoms with E-state index in [2.05, 4.69) is 20.6 Å². The maximum absolute atomic E-state index is 14.0. The molecule has 0 bridgehead atoms. The first kappa shape index (κ1) is 18.0. The molecule has 2 heterocycles. The van der Waals surface area contributed by atoms with Gasteiger partial charge in [0.05, 0.1) is 11.2 Å². The van der Waals surface area contributed by atoms with E-state index in [1.54, 1.807) is 17.8 Å². The molecule has 8 heteroatoms. The second kappa shape index (κ2) is 6.64. The minimum atomic E-state index is -1.13. The van der Waals surface area contributed by atoms with Crippen LogP contribution in [0.1, 0.15) is 43.1 Å². The highest BCUT2D eigenvalue weighted by atomic mass is 35.5. The van der Waals surface area contributed by atoms with E-state index in [1.165, 1.54) is 0 Å². The number of fused-ring (bicyclic) bond motifs is 1. The molecule has 1 aliphatic carbocycles. The van der Waals surface area contributed by atoms with Crippen LogP contribution in [0.2, 0.25) is 5.02 Å². The standard InChI is InChI=1S/C19H21ClFN5O/c1-19(21)5-3-13(4-6-19)23-18(27)17-14-7-11(12-9-22-26(2)10-12)8-15(20)16(14)24-25-17/h7-10,13H,3-6H2,1-2H3,(H,23,27)(H,24,25). The Bertz CT molecular complexity index is 999. The van der Waals surface area contributed by atoms with Gasteiger partial charge in [-0.3, -0.25) is 14.6 Å². The first-order valence-electron chi connectivity index (χ1n) is 8.99. The molecule has 3 aromatic rings. The third-order valence-corrected chi connectivity index (χ3v) is 5.53. The van der Waals surface area contributed by atoms with Crippen molar-refractivity contribution >= 4 is 28.4 Å². The highest BCUT2D eigenvalue weighted by molar-refractivity contribution is 6.36. The van der Waals surface area contributed by atoms with Gasteiger partial charge in [0, 0.05) is 30.2 Å². The lowest BCUT2D eigenvalue weighted by Crippen LogP contribution is -2.40. The van der Waals surface area contributed by atoms with Crippen molar-refractivity contribution in [1.82, 2.24) is 25.3 Å². The van der Waals surface area contributed by atoms with Crippen LogP contribution in [0.4, 0.5) is 4.39 Å². The second-order valence-corrected chi connectivity index (χ2v) is 7.92. The minimum absolute atomic E-state index is 0.0309. The molecule has 0 radical (unpaired) electrons.